The Labute approximate surface area is 173 Å². The minimum atomic E-state index is -0.573. The predicted octanol–water partition coefficient (Wildman–Crippen LogP) is 2.64. The molecule has 2 aliphatic heterocycles. The molecule has 1 aromatic carbocycles. The number of para-hydroxylation sites is 1. The van der Waals surface area contributed by atoms with Crippen LogP contribution in [0, 0.1) is 0 Å². The molecule has 3 aromatic rings. The summed E-state index contributed by atoms with van der Waals surface area (Å²) in [6, 6.07) is 9.30. The van der Waals surface area contributed by atoms with Crippen LogP contribution < -0.4 is 11.1 Å². The van der Waals surface area contributed by atoms with Crippen molar-refractivity contribution in [3.63, 3.8) is 0 Å². The number of pyridine rings is 1. The first-order chi connectivity index (χ1) is 14.6. The summed E-state index contributed by atoms with van der Waals surface area (Å²) in [4.78, 5) is 30.7. The molecule has 152 valence electrons. The third-order valence-electron chi connectivity index (χ3n) is 5.70. The van der Waals surface area contributed by atoms with Gasteiger partial charge in [0.05, 0.1) is 6.04 Å². The number of carbonyl (C=O) groups is 2. The second-order valence-corrected chi connectivity index (χ2v) is 7.77. The Kier molecular flexibility index (Phi) is 4.59. The van der Waals surface area contributed by atoms with Crippen molar-refractivity contribution in [2.45, 2.75) is 31.8 Å². The number of aromatic nitrogens is 1. The first-order valence-electron chi connectivity index (χ1n) is 10.1. The van der Waals surface area contributed by atoms with Gasteiger partial charge in [0.25, 0.3) is 0 Å². The van der Waals surface area contributed by atoms with E-state index in [1.54, 1.807) is 18.3 Å². The van der Waals surface area contributed by atoms with Crippen LogP contribution in [0.5, 0.6) is 0 Å². The Balaban J connectivity index is 1.35. The molecule has 7 heteroatoms. The van der Waals surface area contributed by atoms with Gasteiger partial charge in [0.15, 0.2) is 0 Å². The fraction of sp³-hybridized carbons (Fsp3) is 0.261. The van der Waals surface area contributed by atoms with E-state index in [1.165, 1.54) is 0 Å². The number of rotatable bonds is 2. The van der Waals surface area contributed by atoms with Gasteiger partial charge >= 0.3 is 0 Å². The summed E-state index contributed by atoms with van der Waals surface area (Å²) in [6.07, 6.45) is 7.12. The van der Waals surface area contributed by atoms with Crippen LogP contribution in [0.1, 0.15) is 28.9 Å². The highest BCUT2D eigenvalue weighted by Crippen LogP contribution is 2.30. The zero-order valence-electron chi connectivity index (χ0n) is 16.4. The molecule has 7 nitrogen and oxygen atoms in total. The third kappa shape index (κ3) is 3.37. The van der Waals surface area contributed by atoms with E-state index >= 15 is 0 Å². The molecular formula is C23H22N4O3. The summed E-state index contributed by atoms with van der Waals surface area (Å²) in [5, 5.41) is 3.78. The highest BCUT2D eigenvalue weighted by atomic mass is 16.3. The molecule has 30 heavy (non-hydrogen) atoms. The number of anilines is 1. The van der Waals surface area contributed by atoms with Gasteiger partial charge in [0.2, 0.25) is 11.8 Å². The Hall–Kier alpha value is -3.45. The molecule has 0 radical (unpaired) electrons. The zero-order chi connectivity index (χ0) is 20.7. The summed E-state index contributed by atoms with van der Waals surface area (Å²) in [5.74, 6) is 1.25. The van der Waals surface area contributed by atoms with Crippen LogP contribution in [0.25, 0.3) is 17.0 Å². The van der Waals surface area contributed by atoms with Crippen molar-refractivity contribution in [2.75, 3.05) is 11.9 Å². The van der Waals surface area contributed by atoms with Gasteiger partial charge < -0.3 is 20.4 Å². The number of nitrogens with zero attached hydrogens (tertiary/aromatic N) is 2. The Bertz CT molecular complexity index is 1180. The van der Waals surface area contributed by atoms with E-state index < -0.39 is 6.04 Å². The first-order valence-corrected chi connectivity index (χ1v) is 10.1. The van der Waals surface area contributed by atoms with Gasteiger partial charge in [0, 0.05) is 49.2 Å². The van der Waals surface area contributed by atoms with Crippen molar-refractivity contribution < 1.29 is 14.0 Å². The van der Waals surface area contributed by atoms with Gasteiger partial charge in [-0.25, -0.2) is 4.98 Å². The molecule has 1 atom stereocenters. The number of nitrogens with one attached hydrogen (secondary N) is 1. The lowest BCUT2D eigenvalue weighted by Crippen LogP contribution is -2.41. The molecule has 4 heterocycles. The standard InChI is InChI=1S/C23H22N4O3/c24-18-11-15-10-14(12-25-22(15)26-23(18)29)7-8-21(28)27-9-3-6-20-17(13-27)16-4-1-2-5-19(16)30-20/h1-2,4-5,7-8,10,12,18H,3,6,9,11,13,24H2,(H,25,26,29)/b8-7+. The maximum absolute atomic E-state index is 12.9. The molecule has 2 aliphatic rings. The van der Waals surface area contributed by atoms with Gasteiger partial charge in [-0.3, -0.25) is 9.59 Å². The Morgan fingerprint density at radius 3 is 3.10 bits per heavy atom. The number of hydrogen-bond acceptors (Lipinski definition) is 5. The van der Waals surface area contributed by atoms with Crippen LogP contribution >= 0.6 is 0 Å². The normalized spacial score (nSPS) is 18.8. The predicted molar refractivity (Wildman–Crippen MR) is 114 cm³/mol. The van der Waals surface area contributed by atoms with E-state index in [2.05, 4.69) is 10.3 Å². The third-order valence-corrected chi connectivity index (χ3v) is 5.70. The SMILES string of the molecule is NC1Cc2cc(/C=C/C(=O)N3CCCc4oc5ccccc5c4C3)cnc2NC1=O. The van der Waals surface area contributed by atoms with E-state index in [0.29, 0.717) is 25.3 Å². The fourth-order valence-corrected chi connectivity index (χ4v) is 4.11. The van der Waals surface area contributed by atoms with Crippen LogP contribution in [0.15, 0.2) is 47.0 Å². The summed E-state index contributed by atoms with van der Waals surface area (Å²) in [6.45, 7) is 1.23. The molecule has 0 aliphatic carbocycles. The van der Waals surface area contributed by atoms with Crippen LogP contribution in [-0.4, -0.2) is 34.3 Å². The molecule has 0 spiro atoms. The maximum Gasteiger partial charge on any atom is 0.246 e. The summed E-state index contributed by atoms with van der Waals surface area (Å²) >= 11 is 0. The molecule has 2 aromatic heterocycles. The second kappa shape index (κ2) is 7.42. The van der Waals surface area contributed by atoms with Crippen LogP contribution in [-0.2, 0) is 29.0 Å². The molecule has 0 fully saturated rings. The van der Waals surface area contributed by atoms with E-state index in [1.807, 2.05) is 35.2 Å². The molecule has 5 rings (SSSR count). The first kappa shape index (κ1) is 18.6. The molecule has 0 bridgehead atoms. The molecule has 3 N–H and O–H groups in total. The number of aryl methyl sites for hydroxylation is 1. The molecule has 2 amide bonds. The molecule has 0 saturated heterocycles. The van der Waals surface area contributed by atoms with Crippen molar-refractivity contribution in [1.29, 1.82) is 0 Å². The van der Waals surface area contributed by atoms with Gasteiger partial charge in [-0.05, 0) is 35.8 Å². The number of benzene rings is 1. The second-order valence-electron chi connectivity index (χ2n) is 7.77. The highest BCUT2D eigenvalue weighted by molar-refractivity contribution is 5.97. The molecular weight excluding hydrogens is 380 g/mol. The summed E-state index contributed by atoms with van der Waals surface area (Å²) in [5.41, 5.74) is 9.47. The number of amides is 2. The van der Waals surface area contributed by atoms with Crippen molar-refractivity contribution in [2.24, 2.45) is 5.73 Å². The fourth-order valence-electron chi connectivity index (χ4n) is 4.11. The van der Waals surface area contributed by atoms with Crippen molar-refractivity contribution >= 4 is 34.7 Å². The molecule has 0 saturated carbocycles. The highest BCUT2D eigenvalue weighted by Gasteiger charge is 2.24. The van der Waals surface area contributed by atoms with Crippen LogP contribution in [0.3, 0.4) is 0 Å². The topological polar surface area (TPSA) is 101 Å². The average Bonchev–Trinajstić information content (AvgIpc) is 2.95. The lowest BCUT2D eigenvalue weighted by molar-refractivity contribution is -0.126. The smallest absolute Gasteiger partial charge is 0.246 e. The number of carbonyl (C=O) groups excluding carboxylic acids is 2. The van der Waals surface area contributed by atoms with E-state index in [9.17, 15) is 9.59 Å². The van der Waals surface area contributed by atoms with Crippen molar-refractivity contribution in [3.8, 4) is 0 Å². The van der Waals surface area contributed by atoms with Gasteiger partial charge in [-0.15, -0.1) is 0 Å². The van der Waals surface area contributed by atoms with Gasteiger partial charge in [-0.2, -0.15) is 0 Å². The largest absolute Gasteiger partial charge is 0.461 e. The lowest BCUT2D eigenvalue weighted by atomic mass is 10.0. The number of hydrogen-bond donors (Lipinski definition) is 2. The molecule has 1 unspecified atom stereocenters. The average molecular weight is 402 g/mol. The summed E-state index contributed by atoms with van der Waals surface area (Å²) in [7, 11) is 0. The monoisotopic (exact) mass is 402 g/mol. The van der Waals surface area contributed by atoms with E-state index in [0.717, 1.165) is 46.3 Å². The van der Waals surface area contributed by atoms with Crippen molar-refractivity contribution in [3.05, 3.63) is 65.1 Å². The number of furan rings is 1. The van der Waals surface area contributed by atoms with Gasteiger partial charge in [-0.1, -0.05) is 18.2 Å². The number of fused-ring (bicyclic) bond motifs is 4. The van der Waals surface area contributed by atoms with E-state index in [-0.39, 0.29) is 11.8 Å². The minimum Gasteiger partial charge on any atom is -0.461 e. The zero-order valence-corrected chi connectivity index (χ0v) is 16.4. The summed E-state index contributed by atoms with van der Waals surface area (Å²) < 4.78 is 5.99. The number of nitrogens with two attached hydrogens (primary N) is 1. The Morgan fingerprint density at radius 2 is 2.20 bits per heavy atom. The van der Waals surface area contributed by atoms with Gasteiger partial charge in [0.1, 0.15) is 17.2 Å². The maximum atomic E-state index is 12.9. The van der Waals surface area contributed by atoms with E-state index in [4.69, 9.17) is 10.2 Å². The van der Waals surface area contributed by atoms with Crippen LogP contribution in [0.4, 0.5) is 5.82 Å². The minimum absolute atomic E-state index is 0.0455. The van der Waals surface area contributed by atoms with Crippen molar-refractivity contribution in [1.82, 2.24) is 9.88 Å². The Morgan fingerprint density at radius 1 is 1.33 bits per heavy atom. The van der Waals surface area contributed by atoms with Crippen LogP contribution in [0.2, 0.25) is 0 Å². The quantitative estimate of drug-likeness (QED) is 0.642. The lowest BCUT2D eigenvalue weighted by Gasteiger charge is -2.21.